The SMILES string of the molecule is C=Cc1ccc(-c2ccc(F)cc2)cn1. The van der Waals surface area contributed by atoms with Gasteiger partial charge in [-0.25, -0.2) is 4.39 Å². The minimum absolute atomic E-state index is 0.227. The highest BCUT2D eigenvalue weighted by Crippen LogP contribution is 2.18. The predicted octanol–water partition coefficient (Wildman–Crippen LogP) is 3.53. The molecule has 0 spiro atoms. The molecule has 1 aromatic heterocycles. The largest absolute Gasteiger partial charge is 0.256 e. The molecule has 1 heterocycles. The van der Waals surface area contributed by atoms with E-state index in [4.69, 9.17) is 0 Å². The lowest BCUT2D eigenvalue weighted by Crippen LogP contribution is -1.83. The first kappa shape index (κ1) is 9.59. The third kappa shape index (κ3) is 2.10. The molecule has 2 heteroatoms. The van der Waals surface area contributed by atoms with E-state index in [1.165, 1.54) is 12.1 Å². The summed E-state index contributed by atoms with van der Waals surface area (Å²) >= 11 is 0. The van der Waals surface area contributed by atoms with E-state index in [2.05, 4.69) is 11.6 Å². The average Bonchev–Trinajstić information content (AvgIpc) is 2.30. The summed E-state index contributed by atoms with van der Waals surface area (Å²) in [5, 5.41) is 0. The van der Waals surface area contributed by atoms with Gasteiger partial charge in [-0.15, -0.1) is 0 Å². The maximum atomic E-state index is 12.7. The summed E-state index contributed by atoms with van der Waals surface area (Å²) in [4.78, 5) is 4.18. The predicted molar refractivity (Wildman–Crippen MR) is 59.7 cm³/mol. The van der Waals surface area contributed by atoms with Gasteiger partial charge in [0.15, 0.2) is 0 Å². The van der Waals surface area contributed by atoms with E-state index in [1.54, 1.807) is 24.4 Å². The van der Waals surface area contributed by atoms with Gasteiger partial charge in [-0.1, -0.05) is 24.8 Å². The standard InChI is InChI=1S/C13H10FN/c1-2-13-8-5-11(9-15-13)10-3-6-12(14)7-4-10/h2-9H,1H2. The van der Waals surface area contributed by atoms with Gasteiger partial charge in [-0.3, -0.25) is 4.98 Å². The Hall–Kier alpha value is -1.96. The Morgan fingerprint density at radius 1 is 1.00 bits per heavy atom. The van der Waals surface area contributed by atoms with Crippen LogP contribution in [0.25, 0.3) is 17.2 Å². The van der Waals surface area contributed by atoms with Crippen molar-refractivity contribution in [1.29, 1.82) is 0 Å². The van der Waals surface area contributed by atoms with Crippen molar-refractivity contribution in [2.45, 2.75) is 0 Å². The number of hydrogen-bond acceptors (Lipinski definition) is 1. The van der Waals surface area contributed by atoms with E-state index >= 15 is 0 Å². The van der Waals surface area contributed by atoms with Crippen molar-refractivity contribution in [2.75, 3.05) is 0 Å². The minimum Gasteiger partial charge on any atom is -0.256 e. The summed E-state index contributed by atoms with van der Waals surface area (Å²) in [5.41, 5.74) is 2.76. The van der Waals surface area contributed by atoms with Crippen LogP contribution < -0.4 is 0 Å². The Morgan fingerprint density at radius 2 is 1.67 bits per heavy atom. The van der Waals surface area contributed by atoms with Crippen molar-refractivity contribution in [2.24, 2.45) is 0 Å². The second-order valence-electron chi connectivity index (χ2n) is 3.18. The fraction of sp³-hybridized carbons (Fsp3) is 0. The number of pyridine rings is 1. The van der Waals surface area contributed by atoms with Crippen LogP contribution in [0.15, 0.2) is 49.2 Å². The lowest BCUT2D eigenvalue weighted by atomic mass is 10.1. The van der Waals surface area contributed by atoms with Crippen LogP contribution >= 0.6 is 0 Å². The van der Waals surface area contributed by atoms with Crippen LogP contribution in [0.4, 0.5) is 4.39 Å². The second kappa shape index (κ2) is 4.05. The Balaban J connectivity index is 2.37. The van der Waals surface area contributed by atoms with Crippen LogP contribution in [0.1, 0.15) is 5.69 Å². The van der Waals surface area contributed by atoms with Crippen LogP contribution in [0.2, 0.25) is 0 Å². The van der Waals surface area contributed by atoms with Gasteiger partial charge in [-0.2, -0.15) is 0 Å². The molecule has 1 nitrogen and oxygen atoms in total. The molecule has 15 heavy (non-hydrogen) atoms. The lowest BCUT2D eigenvalue weighted by Gasteiger charge is -2.01. The molecule has 0 bridgehead atoms. The van der Waals surface area contributed by atoms with Gasteiger partial charge in [0.05, 0.1) is 5.69 Å². The molecular formula is C13H10FN. The maximum absolute atomic E-state index is 12.7. The average molecular weight is 199 g/mol. The smallest absolute Gasteiger partial charge is 0.123 e. The van der Waals surface area contributed by atoms with Crippen molar-refractivity contribution in [3.8, 4) is 11.1 Å². The van der Waals surface area contributed by atoms with Crippen LogP contribution in [0, 0.1) is 5.82 Å². The third-order valence-electron chi connectivity index (χ3n) is 2.17. The molecule has 0 radical (unpaired) electrons. The maximum Gasteiger partial charge on any atom is 0.123 e. The monoisotopic (exact) mass is 199 g/mol. The summed E-state index contributed by atoms with van der Waals surface area (Å²) in [6.45, 7) is 3.63. The number of aromatic nitrogens is 1. The number of hydrogen-bond donors (Lipinski definition) is 0. The zero-order valence-electron chi connectivity index (χ0n) is 8.15. The molecule has 0 fully saturated rings. The third-order valence-corrected chi connectivity index (χ3v) is 2.17. The van der Waals surface area contributed by atoms with Gasteiger partial charge in [0, 0.05) is 11.8 Å². The molecule has 0 aliphatic rings. The minimum atomic E-state index is -0.227. The normalized spacial score (nSPS) is 9.93. The zero-order valence-corrected chi connectivity index (χ0v) is 8.15. The van der Waals surface area contributed by atoms with Crippen LogP contribution in [0.3, 0.4) is 0 Å². The molecule has 0 unspecified atom stereocenters. The lowest BCUT2D eigenvalue weighted by molar-refractivity contribution is 0.628. The molecule has 74 valence electrons. The Morgan fingerprint density at radius 3 is 2.20 bits per heavy atom. The summed E-state index contributed by atoms with van der Waals surface area (Å²) < 4.78 is 12.7. The first-order valence-electron chi connectivity index (χ1n) is 4.64. The van der Waals surface area contributed by atoms with Gasteiger partial charge in [0.1, 0.15) is 5.82 Å². The topological polar surface area (TPSA) is 12.9 Å². The van der Waals surface area contributed by atoms with Crippen LogP contribution in [-0.4, -0.2) is 4.98 Å². The number of benzene rings is 1. The van der Waals surface area contributed by atoms with E-state index in [0.717, 1.165) is 16.8 Å². The van der Waals surface area contributed by atoms with Gasteiger partial charge in [0.25, 0.3) is 0 Å². The van der Waals surface area contributed by atoms with Crippen LogP contribution in [0.5, 0.6) is 0 Å². The van der Waals surface area contributed by atoms with E-state index in [-0.39, 0.29) is 5.82 Å². The molecular weight excluding hydrogens is 189 g/mol. The summed E-state index contributed by atoms with van der Waals surface area (Å²) in [6.07, 6.45) is 3.44. The number of nitrogens with zero attached hydrogens (tertiary/aromatic N) is 1. The summed E-state index contributed by atoms with van der Waals surface area (Å²) in [6, 6.07) is 10.2. The van der Waals surface area contributed by atoms with E-state index in [1.807, 2.05) is 12.1 Å². The van der Waals surface area contributed by atoms with Crippen molar-refractivity contribution in [1.82, 2.24) is 4.98 Å². The molecule has 1 aromatic carbocycles. The summed E-state index contributed by atoms with van der Waals surface area (Å²) in [7, 11) is 0. The molecule has 0 atom stereocenters. The van der Waals surface area contributed by atoms with Gasteiger partial charge in [0.2, 0.25) is 0 Å². The molecule has 0 N–H and O–H groups in total. The van der Waals surface area contributed by atoms with E-state index < -0.39 is 0 Å². The molecule has 0 saturated heterocycles. The highest BCUT2D eigenvalue weighted by atomic mass is 19.1. The molecule has 2 rings (SSSR count). The summed E-state index contributed by atoms with van der Waals surface area (Å²) in [5.74, 6) is -0.227. The highest BCUT2D eigenvalue weighted by Gasteiger charge is 1.97. The molecule has 0 amide bonds. The number of rotatable bonds is 2. The van der Waals surface area contributed by atoms with Crippen LogP contribution in [-0.2, 0) is 0 Å². The highest BCUT2D eigenvalue weighted by molar-refractivity contribution is 5.63. The molecule has 0 aliphatic carbocycles. The second-order valence-corrected chi connectivity index (χ2v) is 3.18. The Labute approximate surface area is 87.9 Å². The Bertz CT molecular complexity index is 457. The van der Waals surface area contributed by atoms with Gasteiger partial charge < -0.3 is 0 Å². The van der Waals surface area contributed by atoms with Gasteiger partial charge in [-0.05, 0) is 29.8 Å². The molecule has 0 saturated carbocycles. The fourth-order valence-electron chi connectivity index (χ4n) is 1.34. The first-order valence-corrected chi connectivity index (χ1v) is 4.64. The molecule has 0 aliphatic heterocycles. The van der Waals surface area contributed by atoms with Crippen molar-refractivity contribution < 1.29 is 4.39 Å². The molecule has 2 aromatic rings. The van der Waals surface area contributed by atoms with Gasteiger partial charge >= 0.3 is 0 Å². The first-order chi connectivity index (χ1) is 7.29. The zero-order chi connectivity index (χ0) is 10.7. The quantitative estimate of drug-likeness (QED) is 0.721. The van der Waals surface area contributed by atoms with Crippen molar-refractivity contribution in [3.63, 3.8) is 0 Å². The Kier molecular flexibility index (Phi) is 2.59. The van der Waals surface area contributed by atoms with E-state index in [9.17, 15) is 4.39 Å². The fourth-order valence-corrected chi connectivity index (χ4v) is 1.34. The van der Waals surface area contributed by atoms with Crippen molar-refractivity contribution >= 4 is 6.08 Å². The number of halogens is 1. The van der Waals surface area contributed by atoms with Crippen molar-refractivity contribution in [3.05, 3.63) is 60.7 Å². The van der Waals surface area contributed by atoms with E-state index in [0.29, 0.717) is 0 Å².